The first kappa shape index (κ1) is 14.0. The van der Waals surface area contributed by atoms with Crippen molar-refractivity contribution in [1.29, 1.82) is 0 Å². The van der Waals surface area contributed by atoms with Gasteiger partial charge in [-0.3, -0.25) is 0 Å². The Hall–Kier alpha value is -1.59. The minimum atomic E-state index is -0.509. The highest BCUT2D eigenvalue weighted by Gasteiger charge is 2.53. The number of hydrogen-bond donors (Lipinski definition) is 1. The molecule has 0 amide bonds. The van der Waals surface area contributed by atoms with Crippen molar-refractivity contribution < 1.29 is 19.0 Å². The van der Waals surface area contributed by atoms with Gasteiger partial charge < -0.3 is 19.5 Å². The van der Waals surface area contributed by atoms with Gasteiger partial charge in [0.1, 0.15) is 11.9 Å². The third-order valence-corrected chi connectivity index (χ3v) is 5.23. The van der Waals surface area contributed by atoms with Gasteiger partial charge in [0.25, 0.3) is 0 Å². The van der Waals surface area contributed by atoms with Crippen LogP contribution in [0.3, 0.4) is 0 Å². The second-order valence-corrected chi connectivity index (χ2v) is 6.54. The number of aliphatic hydroxyl groups is 1. The molecule has 4 nitrogen and oxygen atoms in total. The molecule has 1 aromatic rings. The van der Waals surface area contributed by atoms with E-state index < -0.39 is 6.10 Å². The van der Waals surface area contributed by atoms with Crippen LogP contribution in [0, 0.1) is 5.82 Å². The molecule has 2 heterocycles. The highest BCUT2D eigenvalue weighted by Crippen LogP contribution is 2.56. The fraction of sp³-hybridized carbons (Fsp3) is 0.529. The van der Waals surface area contributed by atoms with E-state index in [2.05, 4.69) is 4.90 Å². The fourth-order valence-electron chi connectivity index (χ4n) is 4.10. The lowest BCUT2D eigenvalue weighted by molar-refractivity contribution is 0.0821. The third kappa shape index (κ3) is 1.75. The summed E-state index contributed by atoms with van der Waals surface area (Å²) in [6, 6.07) is 1.42. The lowest BCUT2D eigenvalue weighted by atomic mass is 9.69. The first-order valence-electron chi connectivity index (χ1n) is 7.67. The van der Waals surface area contributed by atoms with Gasteiger partial charge >= 0.3 is 0 Å². The average Bonchev–Trinajstić information content (AvgIpc) is 2.74. The Morgan fingerprint density at radius 1 is 1.50 bits per heavy atom. The second kappa shape index (κ2) is 4.70. The predicted molar refractivity (Wildman–Crippen MR) is 79.8 cm³/mol. The minimum absolute atomic E-state index is 0.163. The van der Waals surface area contributed by atoms with E-state index in [0.717, 1.165) is 18.5 Å². The van der Waals surface area contributed by atoms with E-state index >= 15 is 0 Å². The molecule has 0 radical (unpaired) electrons. The van der Waals surface area contributed by atoms with E-state index in [4.69, 9.17) is 9.47 Å². The molecule has 1 aromatic carbocycles. The van der Waals surface area contributed by atoms with Crippen LogP contribution >= 0.6 is 0 Å². The topological polar surface area (TPSA) is 41.9 Å². The van der Waals surface area contributed by atoms with Crippen LogP contribution in [0.2, 0.25) is 0 Å². The molecule has 0 saturated carbocycles. The molecule has 2 aliphatic heterocycles. The van der Waals surface area contributed by atoms with E-state index in [1.54, 1.807) is 0 Å². The van der Waals surface area contributed by atoms with Gasteiger partial charge in [0.05, 0.1) is 18.6 Å². The molecule has 4 rings (SSSR count). The molecule has 0 bridgehead atoms. The van der Waals surface area contributed by atoms with Crippen molar-refractivity contribution in [1.82, 2.24) is 4.90 Å². The molecular formula is C17H20FNO3. The summed E-state index contributed by atoms with van der Waals surface area (Å²) in [6.07, 6.45) is 4.55. The molecule has 3 atom stereocenters. The maximum absolute atomic E-state index is 14.7. The first-order chi connectivity index (χ1) is 10.5. The number of methoxy groups -OCH3 is 1. The maximum Gasteiger partial charge on any atom is 0.166 e. The van der Waals surface area contributed by atoms with Gasteiger partial charge in [-0.1, -0.05) is 12.2 Å². The summed E-state index contributed by atoms with van der Waals surface area (Å²) in [4.78, 5) is 2.13. The van der Waals surface area contributed by atoms with E-state index in [0.29, 0.717) is 30.0 Å². The normalized spacial score (nSPS) is 32.9. The zero-order valence-electron chi connectivity index (χ0n) is 12.8. The van der Waals surface area contributed by atoms with Crippen LogP contribution < -0.4 is 9.47 Å². The van der Waals surface area contributed by atoms with Gasteiger partial charge in [0.15, 0.2) is 11.5 Å². The lowest BCUT2D eigenvalue weighted by Crippen LogP contribution is -2.42. The molecule has 0 saturated heterocycles. The summed E-state index contributed by atoms with van der Waals surface area (Å²) in [7, 11) is 3.54. The van der Waals surface area contributed by atoms with Crippen molar-refractivity contribution in [2.24, 2.45) is 0 Å². The molecule has 0 aromatic heterocycles. The number of nitrogens with zero attached hydrogens (tertiary/aromatic N) is 1. The van der Waals surface area contributed by atoms with E-state index in [1.807, 2.05) is 19.2 Å². The number of halogens is 1. The van der Waals surface area contributed by atoms with Crippen molar-refractivity contribution in [3.63, 3.8) is 0 Å². The Morgan fingerprint density at radius 3 is 3.09 bits per heavy atom. The number of ether oxygens (including phenoxy) is 2. The predicted octanol–water partition coefficient (Wildman–Crippen LogP) is 1.99. The highest BCUT2D eigenvalue weighted by atomic mass is 19.1. The lowest BCUT2D eigenvalue weighted by Gasteiger charge is -2.35. The van der Waals surface area contributed by atoms with Crippen molar-refractivity contribution in [2.75, 3.05) is 20.7 Å². The van der Waals surface area contributed by atoms with Gasteiger partial charge in [-0.15, -0.1) is 0 Å². The number of benzene rings is 1. The highest BCUT2D eigenvalue weighted by molar-refractivity contribution is 5.61. The molecule has 5 heteroatoms. The van der Waals surface area contributed by atoms with Crippen LogP contribution in [0.1, 0.15) is 24.0 Å². The van der Waals surface area contributed by atoms with E-state index in [1.165, 1.54) is 13.2 Å². The maximum atomic E-state index is 14.7. The van der Waals surface area contributed by atoms with Crippen LogP contribution in [0.25, 0.3) is 0 Å². The summed E-state index contributed by atoms with van der Waals surface area (Å²) >= 11 is 0. The third-order valence-electron chi connectivity index (χ3n) is 5.23. The van der Waals surface area contributed by atoms with E-state index in [-0.39, 0.29) is 17.3 Å². The smallest absolute Gasteiger partial charge is 0.166 e. The number of hydrogen-bond acceptors (Lipinski definition) is 4. The van der Waals surface area contributed by atoms with Crippen LogP contribution in [0.4, 0.5) is 4.39 Å². The first-order valence-corrected chi connectivity index (χ1v) is 7.67. The van der Waals surface area contributed by atoms with Crippen molar-refractivity contribution in [3.05, 3.63) is 35.2 Å². The zero-order valence-corrected chi connectivity index (χ0v) is 12.8. The fourth-order valence-corrected chi connectivity index (χ4v) is 4.10. The van der Waals surface area contributed by atoms with Crippen molar-refractivity contribution in [3.8, 4) is 11.5 Å². The second-order valence-electron chi connectivity index (χ2n) is 6.54. The summed E-state index contributed by atoms with van der Waals surface area (Å²) in [5.41, 5.74) is 1.26. The molecule has 0 unspecified atom stereocenters. The molecule has 1 N–H and O–H groups in total. The molecule has 118 valence electrons. The Bertz CT molecular complexity index is 660. The zero-order chi connectivity index (χ0) is 15.5. The molecule has 1 aliphatic carbocycles. The largest absolute Gasteiger partial charge is 0.493 e. The SMILES string of the molecule is COc1cc(F)c2c3c1O[C@@H]1C[C@H](O)C=C[C@]31CCN(C)C2. The van der Waals surface area contributed by atoms with Crippen molar-refractivity contribution >= 4 is 0 Å². The summed E-state index contributed by atoms with van der Waals surface area (Å²) in [5, 5.41) is 9.95. The Morgan fingerprint density at radius 2 is 2.32 bits per heavy atom. The summed E-state index contributed by atoms with van der Waals surface area (Å²) in [5.74, 6) is 0.850. The number of aliphatic hydroxyl groups excluding tert-OH is 1. The Labute approximate surface area is 129 Å². The summed E-state index contributed by atoms with van der Waals surface area (Å²) in [6.45, 7) is 1.42. The van der Waals surface area contributed by atoms with Crippen LogP contribution in [-0.4, -0.2) is 42.9 Å². The van der Waals surface area contributed by atoms with Gasteiger partial charge in [-0.25, -0.2) is 4.39 Å². The van der Waals surface area contributed by atoms with E-state index in [9.17, 15) is 9.50 Å². The molecule has 3 aliphatic rings. The van der Waals surface area contributed by atoms with Gasteiger partial charge in [0.2, 0.25) is 0 Å². The van der Waals surface area contributed by atoms with Gasteiger partial charge in [-0.2, -0.15) is 0 Å². The number of rotatable bonds is 1. The van der Waals surface area contributed by atoms with Crippen LogP contribution in [0.15, 0.2) is 18.2 Å². The Balaban J connectivity index is 2.00. The summed E-state index contributed by atoms with van der Waals surface area (Å²) < 4.78 is 26.1. The van der Waals surface area contributed by atoms with Crippen LogP contribution in [-0.2, 0) is 12.0 Å². The standard InChI is InChI=1S/C17H20FNO3/c1-19-6-5-17-4-3-10(20)7-14(17)22-16-13(21-2)8-12(18)11(9-19)15(16)17/h3-4,8,10,14,20H,5-7,9H2,1-2H3/t10-,14-,17-/m1/s1. The molecule has 0 fully saturated rings. The molecule has 1 spiro atoms. The minimum Gasteiger partial charge on any atom is -0.493 e. The van der Waals surface area contributed by atoms with Gasteiger partial charge in [-0.05, 0) is 20.0 Å². The monoisotopic (exact) mass is 305 g/mol. The van der Waals surface area contributed by atoms with Crippen LogP contribution in [0.5, 0.6) is 11.5 Å². The van der Waals surface area contributed by atoms with Crippen molar-refractivity contribution in [2.45, 2.75) is 37.0 Å². The Kier molecular flexibility index (Phi) is 3.00. The molecular weight excluding hydrogens is 285 g/mol. The molecule has 22 heavy (non-hydrogen) atoms. The van der Waals surface area contributed by atoms with Gasteiger partial charge in [0, 0.05) is 30.2 Å². The quantitative estimate of drug-likeness (QED) is 0.806. The average molecular weight is 305 g/mol.